The third-order valence-electron chi connectivity index (χ3n) is 3.25. The van der Waals surface area contributed by atoms with E-state index in [9.17, 15) is 4.79 Å². The summed E-state index contributed by atoms with van der Waals surface area (Å²) in [6.07, 6.45) is 1.61. The first-order valence-electron chi connectivity index (χ1n) is 6.88. The van der Waals surface area contributed by atoms with Crippen molar-refractivity contribution in [2.45, 2.75) is 0 Å². The molecule has 1 fully saturated rings. The first-order valence-corrected chi connectivity index (χ1v) is 6.88. The van der Waals surface area contributed by atoms with Gasteiger partial charge in [0.2, 0.25) is 0 Å². The van der Waals surface area contributed by atoms with Gasteiger partial charge < -0.3 is 15.0 Å². The molecule has 0 bridgehead atoms. The van der Waals surface area contributed by atoms with Gasteiger partial charge in [-0.1, -0.05) is 0 Å². The van der Waals surface area contributed by atoms with Gasteiger partial charge in [-0.2, -0.15) is 0 Å². The average Bonchev–Trinajstić information content (AvgIpc) is 2.48. The molecule has 1 aromatic heterocycles. The Morgan fingerprint density at radius 1 is 1.40 bits per heavy atom. The standard InChI is InChI=1S/C14H22N4O2/c1-17(2)14(19)12-3-4-13(16-11-12)15-5-6-18-7-9-20-10-8-18/h3-4,11H,5-10H2,1-2H3,(H,15,16). The first kappa shape index (κ1) is 14.7. The van der Waals surface area contributed by atoms with E-state index in [4.69, 9.17) is 4.74 Å². The van der Waals surface area contributed by atoms with Gasteiger partial charge in [-0.25, -0.2) is 4.98 Å². The Morgan fingerprint density at radius 2 is 2.15 bits per heavy atom. The predicted molar refractivity (Wildman–Crippen MR) is 78.0 cm³/mol. The fraction of sp³-hybridized carbons (Fsp3) is 0.571. The highest BCUT2D eigenvalue weighted by atomic mass is 16.5. The summed E-state index contributed by atoms with van der Waals surface area (Å²) in [5.41, 5.74) is 0.605. The van der Waals surface area contributed by atoms with Gasteiger partial charge in [0.15, 0.2) is 0 Å². The highest BCUT2D eigenvalue weighted by Crippen LogP contribution is 2.06. The minimum Gasteiger partial charge on any atom is -0.379 e. The van der Waals surface area contributed by atoms with Gasteiger partial charge in [-0.05, 0) is 12.1 Å². The van der Waals surface area contributed by atoms with Crippen molar-refractivity contribution in [1.29, 1.82) is 0 Å². The van der Waals surface area contributed by atoms with Crippen LogP contribution in [0, 0.1) is 0 Å². The van der Waals surface area contributed by atoms with Gasteiger partial charge in [0, 0.05) is 46.5 Å². The third kappa shape index (κ3) is 4.18. The minimum atomic E-state index is -0.0302. The molecule has 2 rings (SSSR count). The van der Waals surface area contributed by atoms with Crippen molar-refractivity contribution in [2.75, 3.05) is 58.8 Å². The number of anilines is 1. The number of amides is 1. The van der Waals surface area contributed by atoms with Gasteiger partial charge in [0.25, 0.3) is 5.91 Å². The number of aromatic nitrogens is 1. The number of carbonyl (C=O) groups excluding carboxylic acids is 1. The van der Waals surface area contributed by atoms with E-state index in [-0.39, 0.29) is 5.91 Å². The molecule has 1 aliphatic heterocycles. The van der Waals surface area contributed by atoms with Crippen LogP contribution in [-0.2, 0) is 4.74 Å². The molecule has 0 saturated carbocycles. The molecule has 20 heavy (non-hydrogen) atoms. The summed E-state index contributed by atoms with van der Waals surface area (Å²) in [5.74, 6) is 0.769. The van der Waals surface area contributed by atoms with Crippen LogP contribution >= 0.6 is 0 Å². The molecule has 6 nitrogen and oxygen atoms in total. The molecular weight excluding hydrogens is 256 g/mol. The molecule has 1 saturated heterocycles. The number of ether oxygens (including phenoxy) is 1. The Morgan fingerprint density at radius 3 is 2.75 bits per heavy atom. The Kier molecular flexibility index (Phi) is 5.31. The summed E-state index contributed by atoms with van der Waals surface area (Å²) in [6, 6.07) is 3.64. The third-order valence-corrected chi connectivity index (χ3v) is 3.25. The molecule has 0 aromatic carbocycles. The Labute approximate surface area is 119 Å². The molecule has 0 spiro atoms. The molecule has 1 aliphatic rings. The number of rotatable bonds is 5. The van der Waals surface area contributed by atoms with E-state index in [1.54, 1.807) is 31.3 Å². The first-order chi connectivity index (χ1) is 9.66. The van der Waals surface area contributed by atoms with E-state index in [2.05, 4.69) is 15.2 Å². The van der Waals surface area contributed by atoms with Gasteiger partial charge in [0.05, 0.1) is 18.8 Å². The van der Waals surface area contributed by atoms with Crippen LogP contribution in [0.5, 0.6) is 0 Å². The van der Waals surface area contributed by atoms with E-state index < -0.39 is 0 Å². The average molecular weight is 278 g/mol. The zero-order valence-corrected chi connectivity index (χ0v) is 12.1. The van der Waals surface area contributed by atoms with Crippen molar-refractivity contribution in [2.24, 2.45) is 0 Å². The summed E-state index contributed by atoms with van der Waals surface area (Å²) in [4.78, 5) is 19.9. The topological polar surface area (TPSA) is 57.7 Å². The lowest BCUT2D eigenvalue weighted by molar-refractivity contribution is 0.0398. The van der Waals surface area contributed by atoms with E-state index in [0.29, 0.717) is 5.56 Å². The summed E-state index contributed by atoms with van der Waals surface area (Å²) < 4.78 is 5.31. The maximum absolute atomic E-state index is 11.7. The smallest absolute Gasteiger partial charge is 0.254 e. The normalized spacial score (nSPS) is 15.9. The van der Waals surface area contributed by atoms with Crippen molar-refractivity contribution in [1.82, 2.24) is 14.8 Å². The maximum Gasteiger partial charge on any atom is 0.254 e. The van der Waals surface area contributed by atoms with Crippen LogP contribution in [0.1, 0.15) is 10.4 Å². The molecule has 2 heterocycles. The van der Waals surface area contributed by atoms with Crippen LogP contribution in [0.4, 0.5) is 5.82 Å². The summed E-state index contributed by atoms with van der Waals surface area (Å²) in [7, 11) is 3.47. The number of hydrogen-bond donors (Lipinski definition) is 1. The van der Waals surface area contributed by atoms with E-state index in [0.717, 1.165) is 45.2 Å². The van der Waals surface area contributed by atoms with E-state index in [1.807, 2.05) is 6.07 Å². The van der Waals surface area contributed by atoms with Gasteiger partial charge >= 0.3 is 0 Å². The number of pyridine rings is 1. The number of morpholine rings is 1. The van der Waals surface area contributed by atoms with Crippen molar-refractivity contribution in [3.05, 3.63) is 23.9 Å². The molecule has 0 aliphatic carbocycles. The fourth-order valence-electron chi connectivity index (χ4n) is 2.05. The maximum atomic E-state index is 11.7. The summed E-state index contributed by atoms with van der Waals surface area (Å²) in [6.45, 7) is 5.44. The molecule has 6 heteroatoms. The second kappa shape index (κ2) is 7.21. The van der Waals surface area contributed by atoms with Crippen LogP contribution in [-0.4, -0.2) is 74.2 Å². The number of carbonyl (C=O) groups is 1. The zero-order chi connectivity index (χ0) is 14.4. The van der Waals surface area contributed by atoms with Gasteiger partial charge in [-0.3, -0.25) is 9.69 Å². The molecule has 1 aromatic rings. The number of hydrogen-bond acceptors (Lipinski definition) is 5. The van der Waals surface area contributed by atoms with Crippen LogP contribution in [0.3, 0.4) is 0 Å². The lowest BCUT2D eigenvalue weighted by atomic mass is 10.2. The van der Waals surface area contributed by atoms with Crippen molar-refractivity contribution in [3.8, 4) is 0 Å². The van der Waals surface area contributed by atoms with Gasteiger partial charge in [-0.15, -0.1) is 0 Å². The Bertz CT molecular complexity index is 427. The van der Waals surface area contributed by atoms with Gasteiger partial charge in [0.1, 0.15) is 5.82 Å². The second-order valence-electron chi connectivity index (χ2n) is 5.01. The molecule has 0 atom stereocenters. The fourth-order valence-corrected chi connectivity index (χ4v) is 2.05. The molecule has 1 amide bonds. The largest absolute Gasteiger partial charge is 0.379 e. The highest BCUT2D eigenvalue weighted by molar-refractivity contribution is 5.93. The van der Waals surface area contributed by atoms with Crippen LogP contribution in [0.2, 0.25) is 0 Å². The van der Waals surface area contributed by atoms with E-state index in [1.165, 1.54) is 0 Å². The lowest BCUT2D eigenvalue weighted by Crippen LogP contribution is -2.39. The quantitative estimate of drug-likeness (QED) is 0.851. The van der Waals surface area contributed by atoms with E-state index >= 15 is 0 Å². The number of nitrogens with zero attached hydrogens (tertiary/aromatic N) is 3. The van der Waals surface area contributed by atoms with Crippen LogP contribution < -0.4 is 5.32 Å². The number of nitrogens with one attached hydrogen (secondary N) is 1. The van der Waals surface area contributed by atoms with Crippen LogP contribution in [0.15, 0.2) is 18.3 Å². The highest BCUT2D eigenvalue weighted by Gasteiger charge is 2.10. The minimum absolute atomic E-state index is 0.0302. The molecule has 110 valence electrons. The Hall–Kier alpha value is -1.66. The molecule has 1 N–H and O–H groups in total. The lowest BCUT2D eigenvalue weighted by Gasteiger charge is -2.26. The summed E-state index contributed by atoms with van der Waals surface area (Å²) >= 11 is 0. The molecule has 0 radical (unpaired) electrons. The monoisotopic (exact) mass is 278 g/mol. The van der Waals surface area contributed by atoms with Crippen LogP contribution in [0.25, 0.3) is 0 Å². The van der Waals surface area contributed by atoms with Crippen molar-refractivity contribution in [3.63, 3.8) is 0 Å². The Balaban J connectivity index is 1.77. The second-order valence-corrected chi connectivity index (χ2v) is 5.01. The SMILES string of the molecule is CN(C)C(=O)c1ccc(NCCN2CCOCC2)nc1. The predicted octanol–water partition coefficient (Wildman–Crippen LogP) is 0.528. The molecular formula is C14H22N4O2. The summed E-state index contributed by atoms with van der Waals surface area (Å²) in [5, 5.41) is 3.27. The van der Waals surface area contributed by atoms with Crippen molar-refractivity contribution < 1.29 is 9.53 Å². The molecule has 0 unspecified atom stereocenters. The zero-order valence-electron chi connectivity index (χ0n) is 12.1. The van der Waals surface area contributed by atoms with Crippen molar-refractivity contribution >= 4 is 11.7 Å².